The Kier molecular flexibility index (Phi) is 4.40. The zero-order valence-corrected chi connectivity index (χ0v) is 10.7. The molecule has 1 heterocycles. The molecule has 1 aliphatic heterocycles. The van der Waals surface area contributed by atoms with Gasteiger partial charge in [-0.2, -0.15) is 0 Å². The lowest BCUT2D eigenvalue weighted by molar-refractivity contribution is -0.123. The highest BCUT2D eigenvalue weighted by molar-refractivity contribution is 5.78. The summed E-state index contributed by atoms with van der Waals surface area (Å²) in [5.41, 5.74) is 0. The number of piperidine rings is 1. The average Bonchev–Trinajstić information content (AvgIpc) is 3.10. The standard InChI is InChI=1S/C13H24N2O2/c1-10(16)12-4-2-3-7-15(12)9-13(17)14-8-11-5-6-11/h10-12,16H,2-9H2,1H3,(H,14,17). The van der Waals surface area contributed by atoms with E-state index in [1.54, 1.807) is 0 Å². The van der Waals surface area contributed by atoms with Crippen LogP contribution in [0.1, 0.15) is 39.0 Å². The van der Waals surface area contributed by atoms with Crippen LogP contribution >= 0.6 is 0 Å². The van der Waals surface area contributed by atoms with Crippen LogP contribution in [0.3, 0.4) is 0 Å². The molecule has 0 aromatic heterocycles. The zero-order chi connectivity index (χ0) is 12.3. The topological polar surface area (TPSA) is 52.6 Å². The molecule has 98 valence electrons. The van der Waals surface area contributed by atoms with Gasteiger partial charge in [-0.05, 0) is 45.1 Å². The Morgan fingerprint density at radius 2 is 2.18 bits per heavy atom. The summed E-state index contributed by atoms with van der Waals surface area (Å²) < 4.78 is 0. The van der Waals surface area contributed by atoms with Crippen molar-refractivity contribution in [3.63, 3.8) is 0 Å². The first-order valence-electron chi connectivity index (χ1n) is 6.85. The van der Waals surface area contributed by atoms with E-state index in [0.29, 0.717) is 6.54 Å². The maximum Gasteiger partial charge on any atom is 0.234 e. The molecule has 1 saturated carbocycles. The Morgan fingerprint density at radius 3 is 2.82 bits per heavy atom. The fourth-order valence-corrected chi connectivity index (χ4v) is 2.58. The van der Waals surface area contributed by atoms with E-state index in [-0.39, 0.29) is 18.1 Å². The Morgan fingerprint density at radius 1 is 1.41 bits per heavy atom. The quantitative estimate of drug-likeness (QED) is 0.745. The van der Waals surface area contributed by atoms with Crippen molar-refractivity contribution in [2.75, 3.05) is 19.6 Å². The number of hydrogen-bond acceptors (Lipinski definition) is 3. The largest absolute Gasteiger partial charge is 0.392 e. The Balaban J connectivity index is 1.75. The minimum absolute atomic E-state index is 0.115. The van der Waals surface area contributed by atoms with Gasteiger partial charge in [-0.25, -0.2) is 0 Å². The molecule has 0 aromatic rings. The van der Waals surface area contributed by atoms with Crippen molar-refractivity contribution >= 4 is 5.91 Å². The van der Waals surface area contributed by atoms with Crippen LogP contribution in [0.25, 0.3) is 0 Å². The van der Waals surface area contributed by atoms with E-state index in [1.807, 2.05) is 6.92 Å². The predicted molar refractivity (Wildman–Crippen MR) is 66.6 cm³/mol. The number of hydrogen-bond donors (Lipinski definition) is 2. The lowest BCUT2D eigenvalue weighted by Crippen LogP contribution is -2.50. The molecule has 4 heteroatoms. The van der Waals surface area contributed by atoms with E-state index >= 15 is 0 Å². The van der Waals surface area contributed by atoms with Crippen LogP contribution in [0.15, 0.2) is 0 Å². The first kappa shape index (κ1) is 12.8. The summed E-state index contributed by atoms with van der Waals surface area (Å²) in [6.45, 7) is 4.05. The van der Waals surface area contributed by atoms with Crippen LogP contribution < -0.4 is 5.32 Å². The highest BCUT2D eigenvalue weighted by Gasteiger charge is 2.28. The van der Waals surface area contributed by atoms with Crippen molar-refractivity contribution in [3.05, 3.63) is 0 Å². The van der Waals surface area contributed by atoms with Crippen LogP contribution in [-0.2, 0) is 4.79 Å². The molecular weight excluding hydrogens is 216 g/mol. The predicted octanol–water partition coefficient (Wildman–Crippen LogP) is 0.748. The molecule has 0 radical (unpaired) electrons. The molecule has 0 bridgehead atoms. The van der Waals surface area contributed by atoms with Gasteiger partial charge in [0.15, 0.2) is 0 Å². The lowest BCUT2D eigenvalue weighted by atomic mass is 9.98. The molecule has 2 rings (SSSR count). The zero-order valence-electron chi connectivity index (χ0n) is 10.7. The third kappa shape index (κ3) is 3.96. The van der Waals surface area contributed by atoms with Gasteiger partial charge in [0.05, 0.1) is 12.6 Å². The number of carbonyl (C=O) groups excluding carboxylic acids is 1. The summed E-state index contributed by atoms with van der Waals surface area (Å²) in [6.07, 6.45) is 5.50. The number of nitrogens with zero attached hydrogens (tertiary/aromatic N) is 1. The normalized spacial score (nSPS) is 27.8. The van der Waals surface area contributed by atoms with Gasteiger partial charge in [0.1, 0.15) is 0 Å². The van der Waals surface area contributed by atoms with Gasteiger partial charge in [-0.15, -0.1) is 0 Å². The van der Waals surface area contributed by atoms with Gasteiger partial charge in [-0.3, -0.25) is 9.69 Å². The van der Waals surface area contributed by atoms with Crippen LogP contribution in [0.5, 0.6) is 0 Å². The van der Waals surface area contributed by atoms with Gasteiger partial charge < -0.3 is 10.4 Å². The molecule has 2 N–H and O–H groups in total. The number of carbonyl (C=O) groups is 1. The second kappa shape index (κ2) is 5.83. The summed E-state index contributed by atoms with van der Waals surface area (Å²) in [6, 6.07) is 0.162. The summed E-state index contributed by atoms with van der Waals surface area (Å²) in [7, 11) is 0. The minimum Gasteiger partial charge on any atom is -0.392 e. The molecule has 4 nitrogen and oxygen atoms in total. The van der Waals surface area contributed by atoms with Crippen molar-refractivity contribution in [1.82, 2.24) is 10.2 Å². The molecule has 1 saturated heterocycles. The van der Waals surface area contributed by atoms with Crippen LogP contribution in [0, 0.1) is 5.92 Å². The van der Waals surface area contributed by atoms with E-state index in [4.69, 9.17) is 0 Å². The lowest BCUT2D eigenvalue weighted by Gasteiger charge is -2.36. The van der Waals surface area contributed by atoms with Gasteiger partial charge >= 0.3 is 0 Å². The molecule has 2 aliphatic rings. The first-order valence-corrected chi connectivity index (χ1v) is 6.85. The summed E-state index contributed by atoms with van der Waals surface area (Å²) in [5, 5.41) is 12.7. The van der Waals surface area contributed by atoms with Crippen molar-refractivity contribution in [2.24, 2.45) is 5.92 Å². The highest BCUT2D eigenvalue weighted by atomic mass is 16.3. The SMILES string of the molecule is CC(O)C1CCCCN1CC(=O)NCC1CC1. The van der Waals surface area contributed by atoms with E-state index in [9.17, 15) is 9.90 Å². The van der Waals surface area contributed by atoms with Crippen LogP contribution in [-0.4, -0.2) is 47.7 Å². The highest BCUT2D eigenvalue weighted by Crippen LogP contribution is 2.27. The number of rotatable bonds is 5. The molecule has 2 atom stereocenters. The third-order valence-corrected chi connectivity index (χ3v) is 3.85. The monoisotopic (exact) mass is 240 g/mol. The summed E-state index contributed by atoms with van der Waals surface area (Å²) in [5.74, 6) is 0.845. The second-order valence-electron chi connectivity index (χ2n) is 5.52. The van der Waals surface area contributed by atoms with Crippen molar-refractivity contribution in [1.29, 1.82) is 0 Å². The number of aliphatic hydroxyl groups is 1. The van der Waals surface area contributed by atoms with Crippen molar-refractivity contribution in [3.8, 4) is 0 Å². The number of aliphatic hydroxyl groups excluding tert-OH is 1. The maximum absolute atomic E-state index is 11.8. The van der Waals surface area contributed by atoms with E-state index < -0.39 is 0 Å². The van der Waals surface area contributed by atoms with Gasteiger partial charge in [-0.1, -0.05) is 6.42 Å². The van der Waals surface area contributed by atoms with E-state index in [1.165, 1.54) is 12.8 Å². The number of amides is 1. The van der Waals surface area contributed by atoms with E-state index in [2.05, 4.69) is 10.2 Å². The molecule has 1 aliphatic carbocycles. The van der Waals surface area contributed by atoms with Crippen LogP contribution in [0.2, 0.25) is 0 Å². The van der Waals surface area contributed by atoms with Gasteiger partial charge in [0.25, 0.3) is 0 Å². The summed E-state index contributed by atoms with van der Waals surface area (Å²) >= 11 is 0. The second-order valence-corrected chi connectivity index (χ2v) is 5.52. The average molecular weight is 240 g/mol. The number of nitrogens with one attached hydrogen (secondary N) is 1. The smallest absolute Gasteiger partial charge is 0.234 e. The molecular formula is C13H24N2O2. The maximum atomic E-state index is 11.8. The number of likely N-dealkylation sites (tertiary alicyclic amines) is 1. The van der Waals surface area contributed by atoms with E-state index in [0.717, 1.165) is 38.3 Å². The molecule has 17 heavy (non-hydrogen) atoms. The molecule has 1 amide bonds. The Hall–Kier alpha value is -0.610. The molecule has 0 aromatic carbocycles. The van der Waals surface area contributed by atoms with Crippen molar-refractivity contribution in [2.45, 2.75) is 51.2 Å². The minimum atomic E-state index is -0.341. The van der Waals surface area contributed by atoms with Crippen molar-refractivity contribution < 1.29 is 9.90 Å². The molecule has 2 unspecified atom stereocenters. The Bertz CT molecular complexity index is 264. The first-order chi connectivity index (χ1) is 8.16. The Labute approximate surface area is 103 Å². The van der Waals surface area contributed by atoms with Gasteiger partial charge in [0.2, 0.25) is 5.91 Å². The summed E-state index contributed by atoms with van der Waals surface area (Å²) in [4.78, 5) is 13.9. The van der Waals surface area contributed by atoms with Gasteiger partial charge in [0, 0.05) is 12.6 Å². The third-order valence-electron chi connectivity index (χ3n) is 3.85. The fourth-order valence-electron chi connectivity index (χ4n) is 2.58. The molecule has 2 fully saturated rings. The molecule has 0 spiro atoms. The fraction of sp³-hybridized carbons (Fsp3) is 0.923. The van der Waals surface area contributed by atoms with Crippen LogP contribution in [0.4, 0.5) is 0 Å².